The van der Waals surface area contributed by atoms with Crippen LogP contribution in [0.3, 0.4) is 0 Å². The number of carboxylic acid groups (broad SMARTS) is 1. The molecular formula is C13H17N3O2. The maximum atomic E-state index is 10.7. The van der Waals surface area contributed by atoms with Gasteiger partial charge in [0.2, 0.25) is 0 Å². The number of pyridine rings is 1. The first-order chi connectivity index (χ1) is 8.74. The van der Waals surface area contributed by atoms with Gasteiger partial charge in [-0.2, -0.15) is 0 Å². The Labute approximate surface area is 106 Å². The Morgan fingerprint density at radius 1 is 1.39 bits per heavy atom. The van der Waals surface area contributed by atoms with Crippen LogP contribution in [0.1, 0.15) is 29.6 Å². The molecule has 2 aliphatic heterocycles. The van der Waals surface area contributed by atoms with Crippen LogP contribution in [-0.2, 0) is 0 Å². The van der Waals surface area contributed by atoms with Crippen molar-refractivity contribution in [1.82, 2.24) is 9.88 Å². The monoisotopic (exact) mass is 247 g/mol. The predicted molar refractivity (Wildman–Crippen MR) is 67.8 cm³/mol. The summed E-state index contributed by atoms with van der Waals surface area (Å²) in [6, 6.07) is 4.43. The highest BCUT2D eigenvalue weighted by molar-refractivity contribution is 5.87. The SMILES string of the molecule is O=C(O)c1ccc(NC2CCN3CCCC23)nc1. The van der Waals surface area contributed by atoms with E-state index in [1.54, 1.807) is 12.1 Å². The van der Waals surface area contributed by atoms with E-state index in [0.29, 0.717) is 12.1 Å². The largest absolute Gasteiger partial charge is 0.478 e. The molecule has 0 saturated carbocycles. The molecule has 2 aliphatic rings. The number of rotatable bonds is 3. The minimum Gasteiger partial charge on any atom is -0.478 e. The van der Waals surface area contributed by atoms with Crippen molar-refractivity contribution < 1.29 is 9.90 Å². The lowest BCUT2D eigenvalue weighted by Crippen LogP contribution is -2.33. The van der Waals surface area contributed by atoms with Gasteiger partial charge < -0.3 is 10.4 Å². The number of carboxylic acids is 1. The van der Waals surface area contributed by atoms with Crippen molar-refractivity contribution in [2.45, 2.75) is 31.3 Å². The topological polar surface area (TPSA) is 65.5 Å². The molecule has 2 unspecified atom stereocenters. The fourth-order valence-corrected chi connectivity index (χ4v) is 3.05. The van der Waals surface area contributed by atoms with Crippen molar-refractivity contribution in [2.75, 3.05) is 18.4 Å². The van der Waals surface area contributed by atoms with Crippen molar-refractivity contribution in [1.29, 1.82) is 0 Å². The Bertz CT molecular complexity index is 446. The van der Waals surface area contributed by atoms with E-state index in [2.05, 4.69) is 15.2 Å². The van der Waals surface area contributed by atoms with Gasteiger partial charge in [0.15, 0.2) is 0 Å². The summed E-state index contributed by atoms with van der Waals surface area (Å²) < 4.78 is 0. The summed E-state index contributed by atoms with van der Waals surface area (Å²) in [6.07, 6.45) is 5.10. The third-order valence-corrected chi connectivity index (χ3v) is 3.95. The van der Waals surface area contributed by atoms with Gasteiger partial charge in [-0.3, -0.25) is 4.90 Å². The third kappa shape index (κ3) is 2.06. The number of hydrogen-bond acceptors (Lipinski definition) is 4. The fourth-order valence-electron chi connectivity index (χ4n) is 3.05. The van der Waals surface area contributed by atoms with Crippen molar-refractivity contribution >= 4 is 11.8 Å². The number of nitrogens with one attached hydrogen (secondary N) is 1. The molecule has 1 aromatic heterocycles. The normalized spacial score (nSPS) is 27.1. The van der Waals surface area contributed by atoms with Gasteiger partial charge in [-0.15, -0.1) is 0 Å². The lowest BCUT2D eigenvalue weighted by molar-refractivity contribution is 0.0696. The number of anilines is 1. The van der Waals surface area contributed by atoms with Crippen LogP contribution in [0.2, 0.25) is 0 Å². The Morgan fingerprint density at radius 3 is 3.00 bits per heavy atom. The first-order valence-corrected chi connectivity index (χ1v) is 6.44. The average molecular weight is 247 g/mol. The molecule has 2 atom stereocenters. The molecule has 3 heterocycles. The molecule has 1 aromatic rings. The standard InChI is InChI=1S/C13H17N3O2/c17-13(18)9-3-4-12(14-8-9)15-10-5-7-16-6-1-2-11(10)16/h3-4,8,10-11H,1-2,5-7H2,(H,14,15)(H,17,18). The van der Waals surface area contributed by atoms with Crippen LogP contribution in [0.4, 0.5) is 5.82 Å². The highest BCUT2D eigenvalue weighted by atomic mass is 16.4. The second-order valence-corrected chi connectivity index (χ2v) is 5.02. The zero-order valence-corrected chi connectivity index (χ0v) is 10.2. The maximum Gasteiger partial charge on any atom is 0.337 e. The van der Waals surface area contributed by atoms with Gasteiger partial charge in [-0.25, -0.2) is 9.78 Å². The summed E-state index contributed by atoms with van der Waals surface area (Å²) in [6.45, 7) is 2.38. The molecule has 2 N–H and O–H groups in total. The highest BCUT2D eigenvalue weighted by Gasteiger charge is 2.37. The number of aromatic nitrogens is 1. The number of carbonyl (C=O) groups is 1. The molecular weight excluding hydrogens is 230 g/mol. The summed E-state index contributed by atoms with van der Waals surface area (Å²) in [5.41, 5.74) is 0.231. The van der Waals surface area contributed by atoms with E-state index in [0.717, 1.165) is 18.8 Å². The van der Waals surface area contributed by atoms with Crippen LogP contribution < -0.4 is 5.32 Å². The lowest BCUT2D eigenvalue weighted by Gasteiger charge is -2.21. The molecule has 5 heteroatoms. The molecule has 0 spiro atoms. The first-order valence-electron chi connectivity index (χ1n) is 6.44. The van der Waals surface area contributed by atoms with Gasteiger partial charge in [-0.05, 0) is 37.9 Å². The molecule has 0 aromatic carbocycles. The van der Waals surface area contributed by atoms with Gasteiger partial charge in [0.1, 0.15) is 5.82 Å². The van der Waals surface area contributed by atoms with Gasteiger partial charge >= 0.3 is 5.97 Å². The van der Waals surface area contributed by atoms with Crippen LogP contribution in [0.15, 0.2) is 18.3 Å². The van der Waals surface area contributed by atoms with E-state index in [-0.39, 0.29) is 5.56 Å². The van der Waals surface area contributed by atoms with Crippen LogP contribution >= 0.6 is 0 Å². The van der Waals surface area contributed by atoms with Crippen molar-refractivity contribution in [3.63, 3.8) is 0 Å². The molecule has 2 saturated heterocycles. The van der Waals surface area contributed by atoms with Crippen LogP contribution in [0.25, 0.3) is 0 Å². The molecule has 0 bridgehead atoms. The summed E-state index contributed by atoms with van der Waals surface area (Å²) in [5, 5.41) is 12.2. The van der Waals surface area contributed by atoms with E-state index < -0.39 is 5.97 Å². The average Bonchev–Trinajstić information content (AvgIpc) is 2.95. The summed E-state index contributed by atoms with van der Waals surface area (Å²) >= 11 is 0. The van der Waals surface area contributed by atoms with Gasteiger partial charge in [0, 0.05) is 24.8 Å². The van der Waals surface area contributed by atoms with Crippen molar-refractivity contribution in [3.8, 4) is 0 Å². The smallest absolute Gasteiger partial charge is 0.337 e. The summed E-state index contributed by atoms with van der Waals surface area (Å²) in [7, 11) is 0. The van der Waals surface area contributed by atoms with Crippen LogP contribution in [-0.4, -0.2) is 46.1 Å². The van der Waals surface area contributed by atoms with E-state index in [4.69, 9.17) is 5.11 Å². The van der Waals surface area contributed by atoms with Gasteiger partial charge in [0.05, 0.1) is 5.56 Å². The van der Waals surface area contributed by atoms with E-state index in [9.17, 15) is 4.79 Å². The number of aromatic carboxylic acids is 1. The van der Waals surface area contributed by atoms with E-state index in [1.807, 2.05) is 0 Å². The predicted octanol–water partition coefficient (Wildman–Crippen LogP) is 1.43. The highest BCUT2D eigenvalue weighted by Crippen LogP contribution is 2.29. The summed E-state index contributed by atoms with van der Waals surface area (Å²) in [5.74, 6) is -0.157. The quantitative estimate of drug-likeness (QED) is 0.846. The van der Waals surface area contributed by atoms with Gasteiger partial charge in [-0.1, -0.05) is 0 Å². The molecule has 5 nitrogen and oxygen atoms in total. The fraction of sp³-hybridized carbons (Fsp3) is 0.538. The number of nitrogens with zero attached hydrogens (tertiary/aromatic N) is 2. The van der Waals surface area contributed by atoms with E-state index >= 15 is 0 Å². The molecule has 3 rings (SSSR count). The van der Waals surface area contributed by atoms with Crippen molar-refractivity contribution in [3.05, 3.63) is 23.9 Å². The Balaban J connectivity index is 1.67. The number of fused-ring (bicyclic) bond motifs is 1. The molecule has 18 heavy (non-hydrogen) atoms. The Hall–Kier alpha value is -1.62. The number of hydrogen-bond donors (Lipinski definition) is 2. The molecule has 0 aliphatic carbocycles. The molecule has 0 radical (unpaired) electrons. The maximum absolute atomic E-state index is 10.7. The summed E-state index contributed by atoms with van der Waals surface area (Å²) in [4.78, 5) is 17.4. The zero-order valence-electron chi connectivity index (χ0n) is 10.2. The zero-order chi connectivity index (χ0) is 12.5. The second-order valence-electron chi connectivity index (χ2n) is 5.02. The Kier molecular flexibility index (Phi) is 2.91. The molecule has 0 amide bonds. The van der Waals surface area contributed by atoms with Crippen LogP contribution in [0, 0.1) is 0 Å². The minimum absolute atomic E-state index is 0.231. The van der Waals surface area contributed by atoms with E-state index in [1.165, 1.54) is 25.6 Å². The van der Waals surface area contributed by atoms with Crippen molar-refractivity contribution in [2.24, 2.45) is 0 Å². The molecule has 2 fully saturated rings. The van der Waals surface area contributed by atoms with Crippen LogP contribution in [0.5, 0.6) is 0 Å². The minimum atomic E-state index is -0.933. The van der Waals surface area contributed by atoms with Gasteiger partial charge in [0.25, 0.3) is 0 Å². The molecule has 96 valence electrons. The second kappa shape index (κ2) is 4.57. The lowest BCUT2D eigenvalue weighted by atomic mass is 10.1. The first kappa shape index (κ1) is 11.5. The Morgan fingerprint density at radius 2 is 2.28 bits per heavy atom. The third-order valence-electron chi connectivity index (χ3n) is 3.95.